The van der Waals surface area contributed by atoms with Crippen LogP contribution < -0.4 is 0 Å². The van der Waals surface area contributed by atoms with Crippen LogP contribution in [0.1, 0.15) is 31.7 Å². The van der Waals surface area contributed by atoms with Gasteiger partial charge in [0.25, 0.3) is 0 Å². The molecule has 2 rings (SSSR count). The summed E-state index contributed by atoms with van der Waals surface area (Å²) in [5, 5.41) is 14.1. The van der Waals surface area contributed by atoms with E-state index >= 15 is 0 Å². The molecule has 1 unspecified atom stereocenters. The summed E-state index contributed by atoms with van der Waals surface area (Å²) in [6.45, 7) is 2.85. The van der Waals surface area contributed by atoms with E-state index in [-0.39, 0.29) is 6.10 Å². The Morgan fingerprint density at radius 1 is 1.56 bits per heavy atom. The van der Waals surface area contributed by atoms with Gasteiger partial charge in [0.05, 0.1) is 12.2 Å². The van der Waals surface area contributed by atoms with Crippen molar-refractivity contribution < 1.29 is 9.84 Å². The molecule has 1 aromatic rings. The Morgan fingerprint density at radius 2 is 2.38 bits per heavy atom. The first-order valence-corrected chi connectivity index (χ1v) is 7.03. The highest BCUT2D eigenvalue weighted by Gasteiger charge is 2.30. The molecule has 1 aliphatic rings. The highest BCUT2D eigenvalue weighted by Crippen LogP contribution is 2.34. The molecule has 0 amide bonds. The number of ether oxygens (including phenoxy) is 1. The molecule has 1 atom stereocenters. The summed E-state index contributed by atoms with van der Waals surface area (Å²) < 4.78 is 5.52. The van der Waals surface area contributed by atoms with E-state index in [0.29, 0.717) is 12.0 Å². The SMILES string of the molecule is CCOC1CC(CC(O)Cc2ccsc2)C1. The van der Waals surface area contributed by atoms with Crippen molar-refractivity contribution in [3.05, 3.63) is 22.4 Å². The average Bonchev–Trinajstić information content (AvgIpc) is 2.67. The van der Waals surface area contributed by atoms with Gasteiger partial charge >= 0.3 is 0 Å². The molecular formula is C13H20O2S. The fraction of sp³-hybridized carbons (Fsp3) is 0.692. The van der Waals surface area contributed by atoms with Gasteiger partial charge in [0.15, 0.2) is 0 Å². The first-order valence-electron chi connectivity index (χ1n) is 6.08. The third-order valence-electron chi connectivity index (χ3n) is 3.25. The maximum atomic E-state index is 9.94. The van der Waals surface area contributed by atoms with Crippen molar-refractivity contribution >= 4 is 11.3 Å². The monoisotopic (exact) mass is 240 g/mol. The minimum atomic E-state index is -0.179. The standard InChI is InChI=1S/C13H20O2S/c1-2-15-13-7-11(8-13)6-12(14)5-10-3-4-16-9-10/h3-4,9,11-14H,2,5-8H2,1H3. The van der Waals surface area contributed by atoms with E-state index in [1.165, 1.54) is 5.56 Å². The maximum absolute atomic E-state index is 9.94. The summed E-state index contributed by atoms with van der Waals surface area (Å²) >= 11 is 1.70. The van der Waals surface area contributed by atoms with Crippen molar-refractivity contribution in [3.63, 3.8) is 0 Å². The van der Waals surface area contributed by atoms with E-state index < -0.39 is 0 Å². The Hall–Kier alpha value is -0.380. The zero-order chi connectivity index (χ0) is 11.4. The molecule has 16 heavy (non-hydrogen) atoms. The van der Waals surface area contributed by atoms with Crippen molar-refractivity contribution in [2.75, 3.05) is 6.61 Å². The first kappa shape index (κ1) is 12.1. The lowest BCUT2D eigenvalue weighted by molar-refractivity contribution is -0.0375. The minimum Gasteiger partial charge on any atom is -0.393 e. The molecule has 1 heterocycles. The van der Waals surface area contributed by atoms with E-state index in [9.17, 15) is 5.11 Å². The minimum absolute atomic E-state index is 0.179. The van der Waals surface area contributed by atoms with Crippen LogP contribution in [-0.2, 0) is 11.2 Å². The van der Waals surface area contributed by atoms with Crippen LogP contribution in [0.5, 0.6) is 0 Å². The van der Waals surface area contributed by atoms with Crippen LogP contribution in [0.2, 0.25) is 0 Å². The summed E-state index contributed by atoms with van der Waals surface area (Å²) in [6.07, 6.45) is 4.28. The van der Waals surface area contributed by atoms with Gasteiger partial charge in [0, 0.05) is 6.61 Å². The molecular weight excluding hydrogens is 220 g/mol. The van der Waals surface area contributed by atoms with Crippen molar-refractivity contribution in [1.29, 1.82) is 0 Å². The third-order valence-corrected chi connectivity index (χ3v) is 3.98. The van der Waals surface area contributed by atoms with Gasteiger partial charge in [-0.1, -0.05) is 0 Å². The predicted molar refractivity (Wildman–Crippen MR) is 66.8 cm³/mol. The topological polar surface area (TPSA) is 29.5 Å². The second kappa shape index (κ2) is 5.80. The van der Waals surface area contributed by atoms with Crippen molar-refractivity contribution in [1.82, 2.24) is 0 Å². The number of aliphatic hydroxyl groups is 1. The Morgan fingerprint density at radius 3 is 3.00 bits per heavy atom. The van der Waals surface area contributed by atoms with Crippen molar-refractivity contribution in [2.24, 2.45) is 5.92 Å². The van der Waals surface area contributed by atoms with Gasteiger partial charge in [-0.15, -0.1) is 0 Å². The van der Waals surface area contributed by atoms with Crippen LogP contribution in [0.4, 0.5) is 0 Å². The summed E-state index contributed by atoms with van der Waals surface area (Å²) in [7, 11) is 0. The highest BCUT2D eigenvalue weighted by atomic mass is 32.1. The average molecular weight is 240 g/mol. The van der Waals surface area contributed by atoms with Gasteiger partial charge in [0.1, 0.15) is 0 Å². The fourth-order valence-electron chi connectivity index (χ4n) is 2.39. The van der Waals surface area contributed by atoms with E-state index in [4.69, 9.17) is 4.74 Å². The number of aliphatic hydroxyl groups excluding tert-OH is 1. The van der Waals surface area contributed by atoms with Gasteiger partial charge in [-0.25, -0.2) is 0 Å². The number of rotatable bonds is 6. The van der Waals surface area contributed by atoms with Crippen LogP contribution >= 0.6 is 11.3 Å². The molecule has 1 N–H and O–H groups in total. The molecule has 0 aromatic carbocycles. The first-order chi connectivity index (χ1) is 7.78. The number of hydrogen-bond donors (Lipinski definition) is 1. The van der Waals surface area contributed by atoms with Crippen molar-refractivity contribution in [2.45, 2.75) is 44.8 Å². The van der Waals surface area contributed by atoms with Gasteiger partial charge in [-0.2, -0.15) is 11.3 Å². The summed E-state index contributed by atoms with van der Waals surface area (Å²) in [6, 6.07) is 2.09. The second-order valence-electron chi connectivity index (χ2n) is 4.64. The molecule has 1 aromatic heterocycles. The molecule has 90 valence electrons. The Balaban J connectivity index is 1.64. The van der Waals surface area contributed by atoms with Crippen molar-refractivity contribution in [3.8, 4) is 0 Å². The van der Waals surface area contributed by atoms with Crippen LogP contribution in [-0.4, -0.2) is 23.9 Å². The zero-order valence-electron chi connectivity index (χ0n) is 9.76. The number of thiophene rings is 1. The second-order valence-corrected chi connectivity index (χ2v) is 5.42. The quantitative estimate of drug-likeness (QED) is 0.828. The lowest BCUT2D eigenvalue weighted by Crippen LogP contribution is -2.34. The van der Waals surface area contributed by atoms with E-state index in [1.807, 2.05) is 6.92 Å². The van der Waals surface area contributed by atoms with Gasteiger partial charge in [-0.3, -0.25) is 0 Å². The molecule has 0 saturated heterocycles. The number of hydrogen-bond acceptors (Lipinski definition) is 3. The summed E-state index contributed by atoms with van der Waals surface area (Å²) in [5.74, 6) is 0.671. The molecule has 0 radical (unpaired) electrons. The molecule has 2 nitrogen and oxygen atoms in total. The van der Waals surface area contributed by atoms with Gasteiger partial charge in [-0.05, 0) is 60.9 Å². The Labute approximate surface area is 101 Å². The highest BCUT2D eigenvalue weighted by molar-refractivity contribution is 7.07. The molecule has 3 heteroatoms. The smallest absolute Gasteiger partial charge is 0.0583 e. The van der Waals surface area contributed by atoms with Crippen LogP contribution in [0, 0.1) is 5.92 Å². The predicted octanol–water partition coefficient (Wildman–Crippen LogP) is 2.86. The van der Waals surface area contributed by atoms with Gasteiger partial charge < -0.3 is 9.84 Å². The normalized spacial score (nSPS) is 26.4. The zero-order valence-corrected chi connectivity index (χ0v) is 10.6. The molecule has 1 fully saturated rings. The maximum Gasteiger partial charge on any atom is 0.0583 e. The molecule has 0 bridgehead atoms. The van der Waals surface area contributed by atoms with E-state index in [1.54, 1.807) is 11.3 Å². The molecule has 1 saturated carbocycles. The molecule has 1 aliphatic carbocycles. The third kappa shape index (κ3) is 3.30. The molecule has 0 aliphatic heterocycles. The summed E-state index contributed by atoms with van der Waals surface area (Å²) in [5.41, 5.74) is 1.26. The summed E-state index contributed by atoms with van der Waals surface area (Å²) in [4.78, 5) is 0. The largest absolute Gasteiger partial charge is 0.393 e. The fourth-order valence-corrected chi connectivity index (χ4v) is 3.07. The van der Waals surface area contributed by atoms with E-state index in [0.717, 1.165) is 32.3 Å². The lowest BCUT2D eigenvalue weighted by atomic mass is 9.78. The van der Waals surface area contributed by atoms with Crippen LogP contribution in [0.25, 0.3) is 0 Å². The lowest BCUT2D eigenvalue weighted by Gasteiger charge is -2.36. The molecule has 0 spiro atoms. The van der Waals surface area contributed by atoms with Crippen LogP contribution in [0.15, 0.2) is 16.8 Å². The van der Waals surface area contributed by atoms with E-state index in [2.05, 4.69) is 16.8 Å². The Kier molecular flexibility index (Phi) is 4.38. The Bertz CT molecular complexity index is 291. The van der Waals surface area contributed by atoms with Gasteiger partial charge in [0.2, 0.25) is 0 Å². The van der Waals surface area contributed by atoms with Crippen LogP contribution in [0.3, 0.4) is 0 Å².